The highest BCUT2D eigenvalue weighted by Gasteiger charge is 2.85. The van der Waals surface area contributed by atoms with Crippen molar-refractivity contribution in [3.63, 3.8) is 0 Å². The third-order valence-corrected chi connectivity index (χ3v) is 9.55. The van der Waals surface area contributed by atoms with E-state index < -0.39 is 37.2 Å². The van der Waals surface area contributed by atoms with Crippen molar-refractivity contribution < 1.29 is 53.7 Å². The number of hydrogen-bond acceptors (Lipinski definition) is 3. The molecule has 0 aliphatic heterocycles. The van der Waals surface area contributed by atoms with E-state index in [4.69, 9.17) is 21.1 Å². The lowest BCUT2D eigenvalue weighted by Crippen LogP contribution is -2.67. The van der Waals surface area contributed by atoms with Crippen molar-refractivity contribution in [3.05, 3.63) is 29.3 Å². The largest absolute Gasteiger partial charge is 0.494 e. The Bertz CT molecular complexity index is 1010. The maximum Gasteiger partial charge on any atom is 0.435 e. The van der Waals surface area contributed by atoms with Gasteiger partial charge in [-0.1, -0.05) is 13.0 Å². The first-order chi connectivity index (χ1) is 19.1. The molecule has 41 heavy (non-hydrogen) atoms. The number of benzene rings is 1. The van der Waals surface area contributed by atoms with Crippen molar-refractivity contribution in [2.75, 3.05) is 25.7 Å². The van der Waals surface area contributed by atoms with Gasteiger partial charge in [0.1, 0.15) is 5.75 Å². The first-order valence-electron chi connectivity index (χ1n) is 13.8. The van der Waals surface area contributed by atoms with E-state index in [1.165, 1.54) is 11.1 Å². The summed E-state index contributed by atoms with van der Waals surface area (Å²) in [5, 5.41) is 0. The topological polar surface area (TPSA) is 27.7 Å². The molecule has 0 aromatic heterocycles. The first-order valence-corrected chi connectivity index (χ1v) is 14.4. The summed E-state index contributed by atoms with van der Waals surface area (Å²) >= 11 is 5.72. The molecule has 3 aliphatic carbocycles. The molecule has 1 aromatic rings. The van der Waals surface area contributed by atoms with Gasteiger partial charge in [-0.05, 0) is 97.8 Å². The van der Waals surface area contributed by atoms with E-state index in [1.54, 1.807) is 0 Å². The van der Waals surface area contributed by atoms with Crippen molar-refractivity contribution in [1.29, 1.82) is 0 Å². The quantitative estimate of drug-likeness (QED) is 0.148. The molecule has 234 valence electrons. The number of fused-ring (bicyclic) bond motifs is 5. The number of alkyl halides is 10. The highest BCUT2D eigenvalue weighted by atomic mass is 35.5. The Kier molecular flexibility index (Phi) is 9.47. The minimum Gasteiger partial charge on any atom is -0.494 e. The number of aryl methyl sites for hydroxylation is 1. The van der Waals surface area contributed by atoms with Crippen LogP contribution in [0.3, 0.4) is 0 Å². The fourth-order valence-electron chi connectivity index (χ4n) is 7.36. The average Bonchev–Trinajstić information content (AvgIpc) is 3.19. The Balaban J connectivity index is 1.35. The summed E-state index contributed by atoms with van der Waals surface area (Å²) < 4.78 is 133. The zero-order valence-corrected chi connectivity index (χ0v) is 23.3. The van der Waals surface area contributed by atoms with E-state index in [0.717, 1.165) is 44.3 Å². The molecule has 3 unspecified atom stereocenters. The molecule has 4 rings (SSSR count). The molecule has 1 aromatic carbocycles. The summed E-state index contributed by atoms with van der Waals surface area (Å²) in [7, 11) is 0. The van der Waals surface area contributed by atoms with Gasteiger partial charge in [-0.2, -0.15) is 39.5 Å². The molecule has 2 saturated carbocycles. The van der Waals surface area contributed by atoms with Gasteiger partial charge in [0.15, 0.2) is 0 Å². The van der Waals surface area contributed by atoms with Gasteiger partial charge in [0, 0.05) is 12.5 Å². The van der Waals surface area contributed by atoms with Gasteiger partial charge < -0.3 is 14.2 Å². The molecule has 3 nitrogen and oxygen atoms in total. The minimum absolute atomic E-state index is 0.238. The van der Waals surface area contributed by atoms with Gasteiger partial charge in [-0.15, -0.1) is 11.6 Å². The Morgan fingerprint density at radius 2 is 1.54 bits per heavy atom. The van der Waals surface area contributed by atoms with Crippen LogP contribution >= 0.6 is 11.6 Å². The third-order valence-electron chi connectivity index (χ3n) is 9.28. The summed E-state index contributed by atoms with van der Waals surface area (Å²) in [5.74, 6) is 2.46. The van der Waals surface area contributed by atoms with E-state index in [2.05, 4.69) is 23.8 Å². The highest BCUT2D eigenvalue weighted by Crippen LogP contribution is 2.62. The Morgan fingerprint density at radius 1 is 0.854 bits per heavy atom. The van der Waals surface area contributed by atoms with Crippen LogP contribution in [0.15, 0.2) is 18.2 Å². The molecule has 0 saturated heterocycles. The second-order valence-corrected chi connectivity index (χ2v) is 11.9. The molecule has 0 amide bonds. The van der Waals surface area contributed by atoms with Crippen LogP contribution in [-0.2, 0) is 15.9 Å². The van der Waals surface area contributed by atoms with Gasteiger partial charge in [0.05, 0.1) is 19.3 Å². The summed E-state index contributed by atoms with van der Waals surface area (Å²) in [6, 6.07) is 6.22. The lowest BCUT2D eigenvalue weighted by atomic mass is 9.55. The van der Waals surface area contributed by atoms with Gasteiger partial charge in [0.25, 0.3) is 0 Å². The van der Waals surface area contributed by atoms with Crippen LogP contribution in [0.4, 0.5) is 39.5 Å². The maximum atomic E-state index is 13.1. The molecule has 13 heteroatoms. The number of ether oxygens (including phenoxy) is 3. The maximum absolute atomic E-state index is 13.1. The van der Waals surface area contributed by atoms with Crippen LogP contribution in [0, 0.1) is 17.3 Å². The van der Waals surface area contributed by atoms with Crippen molar-refractivity contribution in [1.82, 2.24) is 0 Å². The van der Waals surface area contributed by atoms with Crippen LogP contribution < -0.4 is 4.74 Å². The first kappa shape index (κ1) is 32.5. The molecule has 3 aliphatic rings. The molecule has 0 spiro atoms. The zero-order chi connectivity index (χ0) is 30.3. The molecule has 2 fully saturated rings. The highest BCUT2D eigenvalue weighted by molar-refractivity contribution is 6.17. The Morgan fingerprint density at radius 3 is 2.17 bits per heavy atom. The fourth-order valence-corrected chi connectivity index (χ4v) is 7.47. The summed E-state index contributed by atoms with van der Waals surface area (Å²) in [6.45, 7) is 0.939. The van der Waals surface area contributed by atoms with E-state index >= 15 is 0 Å². The molecular weight excluding hydrogens is 591 g/mol. The molecule has 0 heterocycles. The Hall–Kier alpha value is -1.40. The van der Waals surface area contributed by atoms with Crippen LogP contribution in [0.25, 0.3) is 0 Å². The van der Waals surface area contributed by atoms with E-state index in [9.17, 15) is 39.5 Å². The number of hydrogen-bond donors (Lipinski definition) is 0. The van der Waals surface area contributed by atoms with Crippen molar-refractivity contribution in [2.24, 2.45) is 17.3 Å². The lowest BCUT2D eigenvalue weighted by molar-refractivity contribution is -0.457. The van der Waals surface area contributed by atoms with E-state index in [-0.39, 0.29) is 18.1 Å². The molecule has 0 radical (unpaired) electrons. The second-order valence-electron chi connectivity index (χ2n) is 11.5. The van der Waals surface area contributed by atoms with Gasteiger partial charge in [-0.3, -0.25) is 0 Å². The van der Waals surface area contributed by atoms with Crippen LogP contribution in [-0.4, -0.2) is 55.9 Å². The third kappa shape index (κ3) is 6.03. The molecule has 0 N–H and O–H groups in total. The molecule has 0 bridgehead atoms. The average molecular weight is 625 g/mol. The van der Waals surface area contributed by atoms with Crippen LogP contribution in [0.1, 0.15) is 68.9 Å². The second kappa shape index (κ2) is 11.9. The standard InChI is InChI=1S/C28H34ClF9O3/c1-24-11-10-20-19-7-5-18(39-13-2-12-29)16-17(19)4-6-21(20)22(24)8-9-23(24)40-14-3-15-41-25(26(30,31)32,27(33,34)35)28(36,37)38/h5,7,16,20-23H,2-4,6,8-15H2,1H3/t20?,21?,22?,23-,24-/m0/s1. The number of halogens is 10. The van der Waals surface area contributed by atoms with Gasteiger partial charge in [0.2, 0.25) is 0 Å². The van der Waals surface area contributed by atoms with Crippen molar-refractivity contribution in [3.8, 4) is 5.75 Å². The zero-order valence-electron chi connectivity index (χ0n) is 22.5. The summed E-state index contributed by atoms with van der Waals surface area (Å²) in [5.41, 5.74) is -3.89. The monoisotopic (exact) mass is 624 g/mol. The summed E-state index contributed by atoms with van der Waals surface area (Å²) in [4.78, 5) is 0. The van der Waals surface area contributed by atoms with Crippen molar-refractivity contribution >= 4 is 11.6 Å². The molecular formula is C28H34ClF9O3. The predicted molar refractivity (Wildman–Crippen MR) is 133 cm³/mol. The van der Waals surface area contributed by atoms with Crippen molar-refractivity contribution in [2.45, 2.75) is 94.4 Å². The van der Waals surface area contributed by atoms with Crippen LogP contribution in [0.5, 0.6) is 5.75 Å². The minimum atomic E-state index is -6.73. The van der Waals surface area contributed by atoms with E-state index in [1.807, 2.05) is 6.07 Å². The lowest BCUT2D eigenvalue weighted by Gasteiger charge is -2.50. The van der Waals surface area contributed by atoms with Gasteiger partial charge in [-0.25, -0.2) is 0 Å². The summed E-state index contributed by atoms with van der Waals surface area (Å²) in [6.07, 6.45) is -15.1. The SMILES string of the molecule is C[C@]12CCC3c4ccc(OCCCCl)cc4CCC3C1CC[C@@H]2OCCCOC(C(F)(F)F)(C(F)(F)F)C(F)(F)F. The smallest absolute Gasteiger partial charge is 0.435 e. The molecule has 5 atom stereocenters. The Labute approximate surface area is 238 Å². The van der Waals surface area contributed by atoms with Crippen LogP contribution in [0.2, 0.25) is 0 Å². The van der Waals surface area contributed by atoms with Gasteiger partial charge >= 0.3 is 24.1 Å². The number of rotatable bonds is 10. The van der Waals surface area contributed by atoms with E-state index in [0.29, 0.717) is 36.7 Å². The predicted octanol–water partition coefficient (Wildman–Crippen LogP) is 8.77. The normalized spacial score (nSPS) is 28.7. The fraction of sp³-hybridized carbons (Fsp3) is 0.786.